The molecule has 0 saturated heterocycles. The summed E-state index contributed by atoms with van der Waals surface area (Å²) in [5.41, 5.74) is 0. The van der Waals surface area contributed by atoms with Gasteiger partial charge in [-0.05, 0) is 25.7 Å². The maximum atomic E-state index is 11.2. The molecular formula is C12H22O4. The van der Waals surface area contributed by atoms with E-state index in [0.29, 0.717) is 0 Å². The Kier molecular flexibility index (Phi) is 7.60. The summed E-state index contributed by atoms with van der Waals surface area (Å²) < 4.78 is 9.31. The first-order valence-corrected chi connectivity index (χ1v) is 5.84. The number of rotatable bonds is 2. The summed E-state index contributed by atoms with van der Waals surface area (Å²) in [6.07, 6.45) is 2.91. The molecule has 0 aliphatic heterocycles. The lowest BCUT2D eigenvalue weighted by Gasteiger charge is -2.24. The van der Waals surface area contributed by atoms with Gasteiger partial charge >= 0.3 is 11.9 Å². The summed E-state index contributed by atoms with van der Waals surface area (Å²) in [6.45, 7) is 4.00. The first kappa shape index (κ1) is 14.9. The van der Waals surface area contributed by atoms with Crippen LogP contribution in [0.25, 0.3) is 0 Å². The van der Waals surface area contributed by atoms with Crippen molar-refractivity contribution in [3.8, 4) is 0 Å². The van der Waals surface area contributed by atoms with Crippen LogP contribution in [0.3, 0.4) is 0 Å². The van der Waals surface area contributed by atoms with E-state index in [1.807, 2.05) is 13.8 Å². The highest BCUT2D eigenvalue weighted by atomic mass is 16.5. The second-order valence-corrected chi connectivity index (χ2v) is 3.59. The molecule has 0 N–H and O–H groups in total. The number of hydrogen-bond acceptors (Lipinski definition) is 4. The van der Waals surface area contributed by atoms with Crippen LogP contribution < -0.4 is 0 Å². The third-order valence-corrected chi connectivity index (χ3v) is 2.80. The minimum absolute atomic E-state index is 0.0269. The van der Waals surface area contributed by atoms with Gasteiger partial charge in [-0.3, -0.25) is 9.59 Å². The standard InChI is InChI=1S/C10H16O4.C2H6/c1-13-9(11)7-3-5-8(6-4-7)10(12)14-2;1-2/h7-8H,3-6H2,1-2H3;1-2H3. The average Bonchev–Trinajstić information content (AvgIpc) is 2.39. The molecule has 0 radical (unpaired) electrons. The molecule has 0 amide bonds. The fourth-order valence-electron chi connectivity index (χ4n) is 1.90. The Bertz CT molecular complexity index is 193. The summed E-state index contributed by atoms with van der Waals surface area (Å²) in [6, 6.07) is 0. The number of esters is 2. The molecule has 0 aromatic carbocycles. The van der Waals surface area contributed by atoms with Crippen LogP contribution in [0.2, 0.25) is 0 Å². The first-order chi connectivity index (χ1) is 7.69. The first-order valence-electron chi connectivity index (χ1n) is 5.84. The second-order valence-electron chi connectivity index (χ2n) is 3.59. The van der Waals surface area contributed by atoms with Crippen molar-refractivity contribution >= 4 is 11.9 Å². The van der Waals surface area contributed by atoms with Crippen LogP contribution in [-0.2, 0) is 19.1 Å². The van der Waals surface area contributed by atoms with Crippen molar-refractivity contribution in [1.82, 2.24) is 0 Å². The van der Waals surface area contributed by atoms with Crippen LogP contribution in [0.15, 0.2) is 0 Å². The van der Waals surface area contributed by atoms with E-state index in [1.165, 1.54) is 14.2 Å². The summed E-state index contributed by atoms with van der Waals surface area (Å²) in [5.74, 6) is -0.372. The highest BCUT2D eigenvalue weighted by molar-refractivity contribution is 5.75. The lowest BCUT2D eigenvalue weighted by atomic mass is 9.82. The fraction of sp³-hybridized carbons (Fsp3) is 0.833. The van der Waals surface area contributed by atoms with Crippen LogP contribution in [0.1, 0.15) is 39.5 Å². The van der Waals surface area contributed by atoms with E-state index < -0.39 is 0 Å². The van der Waals surface area contributed by atoms with Crippen molar-refractivity contribution in [1.29, 1.82) is 0 Å². The van der Waals surface area contributed by atoms with Gasteiger partial charge in [0.1, 0.15) is 0 Å². The van der Waals surface area contributed by atoms with E-state index in [4.69, 9.17) is 0 Å². The summed E-state index contributed by atoms with van der Waals surface area (Å²) in [4.78, 5) is 22.3. The molecule has 0 bridgehead atoms. The quantitative estimate of drug-likeness (QED) is 0.682. The van der Waals surface area contributed by atoms with Gasteiger partial charge < -0.3 is 9.47 Å². The van der Waals surface area contributed by atoms with E-state index in [0.717, 1.165) is 25.7 Å². The maximum absolute atomic E-state index is 11.2. The van der Waals surface area contributed by atoms with Crippen LogP contribution in [0.5, 0.6) is 0 Å². The van der Waals surface area contributed by atoms with Gasteiger partial charge in [0.15, 0.2) is 0 Å². The minimum Gasteiger partial charge on any atom is -0.469 e. The van der Waals surface area contributed by atoms with Crippen LogP contribution >= 0.6 is 0 Å². The Hall–Kier alpha value is -1.06. The zero-order valence-electron chi connectivity index (χ0n) is 10.6. The largest absolute Gasteiger partial charge is 0.469 e. The molecule has 0 unspecified atom stereocenters. The molecule has 16 heavy (non-hydrogen) atoms. The summed E-state index contributed by atoms with van der Waals surface area (Å²) in [5, 5.41) is 0. The molecule has 0 atom stereocenters. The normalized spacial score (nSPS) is 23.8. The Labute approximate surface area is 97.3 Å². The monoisotopic (exact) mass is 230 g/mol. The number of carbonyl (C=O) groups excluding carboxylic acids is 2. The van der Waals surface area contributed by atoms with Crippen LogP contribution in [-0.4, -0.2) is 26.2 Å². The molecule has 0 aromatic rings. The van der Waals surface area contributed by atoms with Crippen LogP contribution in [0.4, 0.5) is 0 Å². The van der Waals surface area contributed by atoms with Crippen molar-refractivity contribution in [3.05, 3.63) is 0 Å². The average molecular weight is 230 g/mol. The smallest absolute Gasteiger partial charge is 0.308 e. The van der Waals surface area contributed by atoms with Gasteiger partial charge in [-0.1, -0.05) is 13.8 Å². The number of ether oxygens (including phenoxy) is 2. The third-order valence-electron chi connectivity index (χ3n) is 2.80. The predicted octanol–water partition coefficient (Wildman–Crippen LogP) is 2.17. The van der Waals surface area contributed by atoms with Gasteiger partial charge in [-0.2, -0.15) is 0 Å². The summed E-state index contributed by atoms with van der Waals surface area (Å²) >= 11 is 0. The topological polar surface area (TPSA) is 52.6 Å². The molecule has 1 saturated carbocycles. The van der Waals surface area contributed by atoms with Crippen molar-refractivity contribution in [2.45, 2.75) is 39.5 Å². The maximum Gasteiger partial charge on any atom is 0.308 e. The van der Waals surface area contributed by atoms with E-state index >= 15 is 0 Å². The van der Waals surface area contributed by atoms with Crippen LogP contribution in [0, 0.1) is 11.8 Å². The second kappa shape index (κ2) is 8.13. The van der Waals surface area contributed by atoms with E-state index in [9.17, 15) is 9.59 Å². The molecule has 4 heteroatoms. The molecule has 1 fully saturated rings. The highest BCUT2D eigenvalue weighted by Gasteiger charge is 2.30. The van der Waals surface area contributed by atoms with Gasteiger partial charge in [0.25, 0.3) is 0 Å². The number of carbonyl (C=O) groups is 2. The lowest BCUT2D eigenvalue weighted by Crippen LogP contribution is -2.27. The van der Waals surface area contributed by atoms with Gasteiger partial charge in [0.05, 0.1) is 26.1 Å². The lowest BCUT2D eigenvalue weighted by molar-refractivity contribution is -0.151. The predicted molar refractivity (Wildman–Crippen MR) is 60.8 cm³/mol. The Morgan fingerprint density at radius 2 is 1.06 bits per heavy atom. The SMILES string of the molecule is CC.COC(=O)C1CCC(C(=O)OC)CC1. The molecule has 1 aliphatic rings. The molecule has 4 nitrogen and oxygen atoms in total. The van der Waals surface area contributed by atoms with Gasteiger partial charge in [0, 0.05) is 0 Å². The fourth-order valence-corrected chi connectivity index (χ4v) is 1.90. The molecule has 0 spiro atoms. The van der Waals surface area contributed by atoms with Crippen molar-refractivity contribution in [3.63, 3.8) is 0 Å². The van der Waals surface area contributed by atoms with Gasteiger partial charge in [-0.25, -0.2) is 0 Å². The van der Waals surface area contributed by atoms with Crippen molar-refractivity contribution in [2.24, 2.45) is 11.8 Å². The zero-order valence-corrected chi connectivity index (χ0v) is 10.6. The van der Waals surface area contributed by atoms with E-state index in [1.54, 1.807) is 0 Å². The summed E-state index contributed by atoms with van der Waals surface area (Å²) in [7, 11) is 2.80. The number of hydrogen-bond donors (Lipinski definition) is 0. The van der Waals surface area contributed by atoms with E-state index in [2.05, 4.69) is 9.47 Å². The Morgan fingerprint density at radius 1 is 0.812 bits per heavy atom. The molecule has 94 valence electrons. The zero-order chi connectivity index (χ0) is 12.6. The van der Waals surface area contributed by atoms with Gasteiger partial charge in [-0.15, -0.1) is 0 Å². The number of methoxy groups -OCH3 is 2. The molecule has 1 aliphatic carbocycles. The highest BCUT2D eigenvalue weighted by Crippen LogP contribution is 2.30. The molecule has 0 heterocycles. The van der Waals surface area contributed by atoms with Crippen molar-refractivity contribution in [2.75, 3.05) is 14.2 Å². The molecule has 0 aromatic heterocycles. The van der Waals surface area contributed by atoms with E-state index in [-0.39, 0.29) is 23.8 Å². The molecule has 1 rings (SSSR count). The Balaban J connectivity index is 0.00000106. The minimum atomic E-state index is -0.159. The third kappa shape index (κ3) is 4.21. The van der Waals surface area contributed by atoms with Crippen molar-refractivity contribution < 1.29 is 19.1 Å². The molecular weight excluding hydrogens is 208 g/mol. The van der Waals surface area contributed by atoms with Gasteiger partial charge in [0.2, 0.25) is 0 Å². The Morgan fingerprint density at radius 3 is 1.25 bits per heavy atom.